The van der Waals surface area contributed by atoms with E-state index >= 15 is 0 Å². The van der Waals surface area contributed by atoms with Crippen molar-refractivity contribution in [2.24, 2.45) is 0 Å². The molecular formula is C11H15ClN2OS. The fourth-order valence-corrected chi connectivity index (χ4v) is 3.09. The third-order valence-electron chi connectivity index (χ3n) is 2.63. The number of carbonyl (C=O) groups excluding carboxylic acids is 1. The second-order valence-electron chi connectivity index (χ2n) is 4.28. The summed E-state index contributed by atoms with van der Waals surface area (Å²) in [6.45, 7) is 5.71. The summed E-state index contributed by atoms with van der Waals surface area (Å²) in [5, 5.41) is 3.40. The van der Waals surface area contributed by atoms with Gasteiger partial charge in [0.15, 0.2) is 0 Å². The molecule has 16 heavy (non-hydrogen) atoms. The van der Waals surface area contributed by atoms with Crippen LogP contribution in [0.1, 0.15) is 23.5 Å². The number of amides is 1. The number of piperazine rings is 1. The first kappa shape index (κ1) is 11.9. The van der Waals surface area contributed by atoms with Gasteiger partial charge < -0.3 is 10.2 Å². The number of nitrogens with zero attached hydrogens (tertiary/aromatic N) is 1. The first-order chi connectivity index (χ1) is 7.56. The van der Waals surface area contributed by atoms with Crippen molar-refractivity contribution in [3.05, 3.63) is 21.3 Å². The molecule has 88 valence electrons. The van der Waals surface area contributed by atoms with E-state index in [0.29, 0.717) is 16.4 Å². The number of hydrogen-bond donors (Lipinski definition) is 1. The van der Waals surface area contributed by atoms with Gasteiger partial charge in [-0.3, -0.25) is 4.79 Å². The first-order valence-corrected chi connectivity index (χ1v) is 6.56. The molecule has 1 saturated heterocycles. The third kappa shape index (κ3) is 2.56. The van der Waals surface area contributed by atoms with Crippen LogP contribution in [0.3, 0.4) is 0 Å². The van der Waals surface area contributed by atoms with Crippen LogP contribution < -0.4 is 5.32 Å². The summed E-state index contributed by atoms with van der Waals surface area (Å²) >= 11 is 7.18. The van der Waals surface area contributed by atoms with Gasteiger partial charge >= 0.3 is 0 Å². The molecule has 1 aliphatic rings. The average molecular weight is 259 g/mol. The molecule has 0 bridgehead atoms. The van der Waals surface area contributed by atoms with E-state index in [0.717, 1.165) is 18.0 Å². The van der Waals surface area contributed by atoms with E-state index in [1.807, 2.05) is 4.90 Å². The summed E-state index contributed by atoms with van der Waals surface area (Å²) in [7, 11) is 0. The van der Waals surface area contributed by atoms with Gasteiger partial charge in [0.1, 0.15) is 0 Å². The molecule has 0 aliphatic carbocycles. The number of halogens is 1. The van der Waals surface area contributed by atoms with Crippen molar-refractivity contribution in [3.63, 3.8) is 0 Å². The predicted octanol–water partition coefficient (Wildman–Crippen LogP) is 2.22. The lowest BCUT2D eigenvalue weighted by atomic mass is 10.1. The Balaban J connectivity index is 2.09. The fourth-order valence-electron chi connectivity index (χ4n) is 2.08. The van der Waals surface area contributed by atoms with E-state index in [2.05, 4.69) is 19.2 Å². The third-order valence-corrected chi connectivity index (χ3v) is 3.85. The quantitative estimate of drug-likeness (QED) is 0.838. The molecule has 1 aliphatic heterocycles. The van der Waals surface area contributed by atoms with Gasteiger partial charge in [-0.1, -0.05) is 11.6 Å². The molecule has 2 unspecified atom stereocenters. The highest BCUT2D eigenvalue weighted by molar-refractivity contribution is 7.17. The zero-order valence-corrected chi connectivity index (χ0v) is 10.9. The Labute approximate surface area is 104 Å². The highest BCUT2D eigenvalue weighted by Gasteiger charge is 2.26. The van der Waals surface area contributed by atoms with Crippen molar-refractivity contribution >= 4 is 28.8 Å². The van der Waals surface area contributed by atoms with Gasteiger partial charge in [0, 0.05) is 25.2 Å². The van der Waals surface area contributed by atoms with Gasteiger partial charge in [-0.2, -0.15) is 0 Å². The second kappa shape index (κ2) is 4.73. The lowest BCUT2D eigenvalue weighted by Crippen LogP contribution is -2.55. The van der Waals surface area contributed by atoms with E-state index in [1.165, 1.54) is 11.3 Å². The van der Waals surface area contributed by atoms with Crippen LogP contribution in [0.2, 0.25) is 4.34 Å². The smallest absolute Gasteiger partial charge is 0.264 e. The van der Waals surface area contributed by atoms with E-state index in [9.17, 15) is 4.79 Å². The predicted molar refractivity (Wildman–Crippen MR) is 67.3 cm³/mol. The zero-order chi connectivity index (χ0) is 11.7. The topological polar surface area (TPSA) is 32.3 Å². The average Bonchev–Trinajstić information content (AvgIpc) is 2.62. The van der Waals surface area contributed by atoms with E-state index < -0.39 is 0 Å². The Morgan fingerprint density at radius 1 is 1.44 bits per heavy atom. The van der Waals surface area contributed by atoms with Gasteiger partial charge in [-0.15, -0.1) is 11.3 Å². The number of rotatable bonds is 1. The molecule has 1 amide bonds. The number of carbonyl (C=O) groups is 1. The molecule has 2 atom stereocenters. The molecule has 0 saturated carbocycles. The maximum Gasteiger partial charge on any atom is 0.264 e. The van der Waals surface area contributed by atoms with E-state index in [-0.39, 0.29) is 5.91 Å². The van der Waals surface area contributed by atoms with Crippen LogP contribution in [-0.2, 0) is 0 Å². The summed E-state index contributed by atoms with van der Waals surface area (Å²) in [4.78, 5) is 14.8. The van der Waals surface area contributed by atoms with Gasteiger partial charge in [-0.25, -0.2) is 0 Å². The monoisotopic (exact) mass is 258 g/mol. The minimum absolute atomic E-state index is 0.0945. The first-order valence-electron chi connectivity index (χ1n) is 5.37. The van der Waals surface area contributed by atoms with Crippen molar-refractivity contribution in [2.75, 3.05) is 13.1 Å². The zero-order valence-electron chi connectivity index (χ0n) is 9.37. The summed E-state index contributed by atoms with van der Waals surface area (Å²) in [5.74, 6) is 0.0945. The molecule has 0 aromatic carbocycles. The molecule has 3 nitrogen and oxygen atoms in total. The van der Waals surface area contributed by atoms with Crippen LogP contribution in [0.25, 0.3) is 0 Å². The molecule has 1 aromatic heterocycles. The van der Waals surface area contributed by atoms with E-state index in [1.54, 1.807) is 12.1 Å². The normalized spacial score (nSPS) is 25.8. The van der Waals surface area contributed by atoms with Crippen LogP contribution in [0, 0.1) is 0 Å². The van der Waals surface area contributed by atoms with Crippen molar-refractivity contribution < 1.29 is 4.79 Å². The van der Waals surface area contributed by atoms with Crippen LogP contribution in [0.15, 0.2) is 12.1 Å². The molecule has 2 heterocycles. The van der Waals surface area contributed by atoms with Gasteiger partial charge in [-0.05, 0) is 26.0 Å². The molecule has 1 N–H and O–H groups in total. The minimum Gasteiger partial charge on any atom is -0.335 e. The highest BCUT2D eigenvalue weighted by atomic mass is 35.5. The van der Waals surface area contributed by atoms with Gasteiger partial charge in [0.2, 0.25) is 0 Å². The Bertz CT molecular complexity index is 383. The Morgan fingerprint density at radius 2 is 2.06 bits per heavy atom. The second-order valence-corrected chi connectivity index (χ2v) is 6.00. The molecule has 1 aromatic rings. The van der Waals surface area contributed by atoms with Crippen LogP contribution in [-0.4, -0.2) is 36.0 Å². The SMILES string of the molecule is CC1CN(C(=O)c2ccc(Cl)s2)CC(C)N1. The Kier molecular flexibility index (Phi) is 3.52. The molecule has 0 radical (unpaired) electrons. The molecule has 2 rings (SSSR count). The van der Waals surface area contributed by atoms with E-state index in [4.69, 9.17) is 11.6 Å². The summed E-state index contributed by atoms with van der Waals surface area (Å²) in [6.07, 6.45) is 0. The summed E-state index contributed by atoms with van der Waals surface area (Å²) in [6, 6.07) is 4.27. The van der Waals surface area contributed by atoms with Crippen molar-refractivity contribution in [1.82, 2.24) is 10.2 Å². The number of thiophene rings is 1. The molecule has 1 fully saturated rings. The van der Waals surface area contributed by atoms with Gasteiger partial charge in [0.05, 0.1) is 9.21 Å². The largest absolute Gasteiger partial charge is 0.335 e. The van der Waals surface area contributed by atoms with Crippen LogP contribution in [0.5, 0.6) is 0 Å². The minimum atomic E-state index is 0.0945. The molecule has 5 heteroatoms. The standard InChI is InChI=1S/C11H15ClN2OS/c1-7-5-14(6-8(2)13-7)11(15)9-3-4-10(12)16-9/h3-4,7-8,13H,5-6H2,1-2H3. The Hall–Kier alpha value is -0.580. The molecular weight excluding hydrogens is 244 g/mol. The Morgan fingerprint density at radius 3 is 2.56 bits per heavy atom. The fraction of sp³-hybridized carbons (Fsp3) is 0.545. The number of nitrogens with one attached hydrogen (secondary N) is 1. The van der Waals surface area contributed by atoms with Gasteiger partial charge in [0.25, 0.3) is 5.91 Å². The van der Waals surface area contributed by atoms with Crippen molar-refractivity contribution in [2.45, 2.75) is 25.9 Å². The van der Waals surface area contributed by atoms with Crippen molar-refractivity contribution in [1.29, 1.82) is 0 Å². The summed E-state index contributed by atoms with van der Waals surface area (Å²) < 4.78 is 0.666. The van der Waals surface area contributed by atoms with Crippen LogP contribution in [0.4, 0.5) is 0 Å². The lowest BCUT2D eigenvalue weighted by molar-refractivity contribution is 0.0679. The summed E-state index contributed by atoms with van der Waals surface area (Å²) in [5.41, 5.74) is 0. The number of hydrogen-bond acceptors (Lipinski definition) is 3. The lowest BCUT2D eigenvalue weighted by Gasteiger charge is -2.35. The van der Waals surface area contributed by atoms with Crippen LogP contribution >= 0.6 is 22.9 Å². The maximum absolute atomic E-state index is 12.2. The van der Waals surface area contributed by atoms with Crippen molar-refractivity contribution in [3.8, 4) is 0 Å². The highest BCUT2D eigenvalue weighted by Crippen LogP contribution is 2.23. The maximum atomic E-state index is 12.2. The molecule has 0 spiro atoms.